The Balaban J connectivity index is 1.83. The van der Waals surface area contributed by atoms with E-state index in [1.807, 2.05) is 53.9 Å². The van der Waals surface area contributed by atoms with Gasteiger partial charge in [0.05, 0.1) is 5.69 Å². The molecule has 0 fully saturated rings. The summed E-state index contributed by atoms with van der Waals surface area (Å²) in [6.07, 6.45) is 0. The molecule has 0 atom stereocenters. The van der Waals surface area contributed by atoms with Gasteiger partial charge in [-0.05, 0) is 31.2 Å². The molecule has 3 nitrogen and oxygen atoms in total. The van der Waals surface area contributed by atoms with Crippen molar-refractivity contribution < 1.29 is 4.79 Å². The summed E-state index contributed by atoms with van der Waals surface area (Å²) in [5.74, 6) is 0.0533. The number of nitrogens with one attached hydrogen (secondary N) is 1. The molecule has 0 radical (unpaired) electrons. The van der Waals surface area contributed by atoms with Crippen LogP contribution in [-0.2, 0) is 0 Å². The van der Waals surface area contributed by atoms with E-state index in [9.17, 15) is 4.79 Å². The fourth-order valence-corrected chi connectivity index (χ4v) is 3.19. The number of Topliss-reactive ketones (excluding diaryl/α,β-unsaturated/α-hetero) is 1. The highest BCUT2D eigenvalue weighted by molar-refractivity contribution is 9.10. The molecule has 0 spiro atoms. The Hall–Kier alpha value is -1.98. The zero-order valence-electron chi connectivity index (χ0n) is 11.8. The summed E-state index contributed by atoms with van der Waals surface area (Å²) < 4.78 is 1.03. The Morgan fingerprint density at radius 3 is 2.77 bits per heavy atom. The molecule has 3 aromatic rings. The van der Waals surface area contributed by atoms with Crippen molar-refractivity contribution in [1.29, 1.82) is 0 Å². The van der Waals surface area contributed by atoms with Crippen molar-refractivity contribution in [3.8, 4) is 11.3 Å². The first-order chi connectivity index (χ1) is 10.6. The van der Waals surface area contributed by atoms with Crippen molar-refractivity contribution in [2.75, 3.05) is 5.32 Å². The molecule has 0 aliphatic carbocycles. The van der Waals surface area contributed by atoms with Crippen LogP contribution in [-0.4, -0.2) is 10.8 Å². The van der Waals surface area contributed by atoms with Crippen molar-refractivity contribution in [1.82, 2.24) is 4.98 Å². The molecule has 0 saturated heterocycles. The number of hydrogen-bond donors (Lipinski definition) is 1. The number of halogens is 1. The van der Waals surface area contributed by atoms with Gasteiger partial charge in [0.2, 0.25) is 0 Å². The number of carbonyl (C=O) groups excluding carboxylic acids is 1. The molecule has 1 aromatic heterocycles. The third-order valence-electron chi connectivity index (χ3n) is 3.14. The molecule has 0 unspecified atom stereocenters. The van der Waals surface area contributed by atoms with E-state index in [-0.39, 0.29) is 5.78 Å². The number of ketones is 1. The van der Waals surface area contributed by atoms with E-state index in [0.717, 1.165) is 26.5 Å². The Morgan fingerprint density at radius 2 is 2.00 bits per heavy atom. The Bertz CT molecular complexity index is 829. The van der Waals surface area contributed by atoms with Gasteiger partial charge in [-0.2, -0.15) is 0 Å². The molecule has 1 heterocycles. The van der Waals surface area contributed by atoms with E-state index in [0.29, 0.717) is 5.56 Å². The van der Waals surface area contributed by atoms with Gasteiger partial charge in [0, 0.05) is 26.7 Å². The van der Waals surface area contributed by atoms with Gasteiger partial charge < -0.3 is 5.32 Å². The molecule has 2 aromatic carbocycles. The quantitative estimate of drug-likeness (QED) is 0.613. The summed E-state index contributed by atoms with van der Waals surface area (Å²) in [7, 11) is 0. The Kier molecular flexibility index (Phi) is 4.36. The lowest BCUT2D eigenvalue weighted by Crippen LogP contribution is -1.95. The fourth-order valence-electron chi connectivity index (χ4n) is 2.05. The summed E-state index contributed by atoms with van der Waals surface area (Å²) in [6, 6.07) is 15.5. The largest absolute Gasteiger partial charge is 0.332 e. The van der Waals surface area contributed by atoms with Gasteiger partial charge in [0.15, 0.2) is 10.9 Å². The maximum absolute atomic E-state index is 11.4. The second-order valence-electron chi connectivity index (χ2n) is 4.81. The van der Waals surface area contributed by atoms with Crippen LogP contribution in [0.25, 0.3) is 11.3 Å². The van der Waals surface area contributed by atoms with Gasteiger partial charge in [0.25, 0.3) is 0 Å². The minimum absolute atomic E-state index is 0.0533. The average Bonchev–Trinajstić information content (AvgIpc) is 2.96. The molecular formula is C17H13BrN2OS. The lowest BCUT2D eigenvalue weighted by atomic mass is 10.1. The molecule has 0 bridgehead atoms. The van der Waals surface area contributed by atoms with Crippen LogP contribution in [0.5, 0.6) is 0 Å². The number of aromatic nitrogens is 1. The number of hydrogen-bond acceptors (Lipinski definition) is 4. The molecule has 0 amide bonds. The average molecular weight is 373 g/mol. The van der Waals surface area contributed by atoms with Crippen molar-refractivity contribution >= 4 is 43.9 Å². The van der Waals surface area contributed by atoms with E-state index in [2.05, 4.69) is 26.2 Å². The van der Waals surface area contributed by atoms with E-state index < -0.39 is 0 Å². The van der Waals surface area contributed by atoms with Crippen LogP contribution >= 0.6 is 27.3 Å². The summed E-state index contributed by atoms with van der Waals surface area (Å²) in [6.45, 7) is 1.56. The molecule has 110 valence electrons. The summed E-state index contributed by atoms with van der Waals surface area (Å²) in [5.41, 5.74) is 3.55. The first kappa shape index (κ1) is 14.9. The third-order valence-corrected chi connectivity index (χ3v) is 4.40. The van der Waals surface area contributed by atoms with Gasteiger partial charge >= 0.3 is 0 Å². The molecule has 0 aliphatic heterocycles. The SMILES string of the molecule is CC(=O)c1cccc(Nc2nc(-c3cccc(Br)c3)cs2)c1. The normalized spacial score (nSPS) is 10.5. The molecular weight excluding hydrogens is 360 g/mol. The van der Waals surface area contributed by atoms with E-state index in [1.165, 1.54) is 11.3 Å². The number of carbonyl (C=O) groups is 1. The van der Waals surface area contributed by atoms with E-state index >= 15 is 0 Å². The predicted molar refractivity (Wildman–Crippen MR) is 95.0 cm³/mol. The first-order valence-corrected chi connectivity index (χ1v) is 8.38. The molecule has 0 saturated carbocycles. The zero-order chi connectivity index (χ0) is 15.5. The number of rotatable bonds is 4. The van der Waals surface area contributed by atoms with Crippen LogP contribution in [0.3, 0.4) is 0 Å². The highest BCUT2D eigenvalue weighted by atomic mass is 79.9. The monoisotopic (exact) mass is 372 g/mol. The lowest BCUT2D eigenvalue weighted by Gasteiger charge is -2.04. The third kappa shape index (κ3) is 3.43. The molecule has 22 heavy (non-hydrogen) atoms. The van der Waals surface area contributed by atoms with E-state index in [1.54, 1.807) is 6.92 Å². The Labute approximate surface area is 141 Å². The predicted octanol–water partition coefficient (Wildman–Crippen LogP) is 5.52. The molecule has 5 heteroatoms. The zero-order valence-corrected chi connectivity index (χ0v) is 14.2. The van der Waals surface area contributed by atoms with Crippen LogP contribution in [0, 0.1) is 0 Å². The van der Waals surface area contributed by atoms with Crippen molar-refractivity contribution in [3.63, 3.8) is 0 Å². The maximum atomic E-state index is 11.4. The minimum Gasteiger partial charge on any atom is -0.332 e. The minimum atomic E-state index is 0.0533. The number of thiazole rings is 1. The van der Waals surface area contributed by atoms with Gasteiger partial charge in [-0.1, -0.05) is 40.2 Å². The lowest BCUT2D eigenvalue weighted by molar-refractivity contribution is 0.101. The van der Waals surface area contributed by atoms with Crippen LogP contribution in [0.1, 0.15) is 17.3 Å². The highest BCUT2D eigenvalue weighted by Crippen LogP contribution is 2.28. The summed E-state index contributed by atoms with van der Waals surface area (Å²) in [5, 5.41) is 6.06. The van der Waals surface area contributed by atoms with Crippen molar-refractivity contribution in [2.45, 2.75) is 6.92 Å². The maximum Gasteiger partial charge on any atom is 0.187 e. The topological polar surface area (TPSA) is 42.0 Å². The second-order valence-corrected chi connectivity index (χ2v) is 6.58. The van der Waals surface area contributed by atoms with Crippen molar-refractivity contribution in [3.05, 3.63) is 63.9 Å². The first-order valence-electron chi connectivity index (χ1n) is 6.71. The molecule has 1 N–H and O–H groups in total. The molecule has 3 rings (SSSR count). The second kappa shape index (κ2) is 6.42. The van der Waals surface area contributed by atoms with Crippen LogP contribution in [0.15, 0.2) is 58.4 Å². The van der Waals surface area contributed by atoms with Crippen LogP contribution in [0.2, 0.25) is 0 Å². The standard InChI is InChI=1S/C17H13BrN2OS/c1-11(21)12-4-3-7-15(9-12)19-17-20-16(10-22-17)13-5-2-6-14(18)8-13/h2-10H,1H3,(H,19,20). The van der Waals surface area contributed by atoms with Crippen molar-refractivity contribution in [2.24, 2.45) is 0 Å². The summed E-state index contributed by atoms with van der Waals surface area (Å²) in [4.78, 5) is 16.0. The van der Waals surface area contributed by atoms with Gasteiger partial charge in [0.1, 0.15) is 0 Å². The smallest absolute Gasteiger partial charge is 0.187 e. The van der Waals surface area contributed by atoms with Crippen LogP contribution in [0.4, 0.5) is 10.8 Å². The van der Waals surface area contributed by atoms with Gasteiger partial charge in [-0.15, -0.1) is 11.3 Å². The van der Waals surface area contributed by atoms with E-state index in [4.69, 9.17) is 0 Å². The number of nitrogens with zero attached hydrogens (tertiary/aromatic N) is 1. The number of anilines is 2. The Morgan fingerprint density at radius 1 is 1.18 bits per heavy atom. The summed E-state index contributed by atoms with van der Waals surface area (Å²) >= 11 is 5.01. The highest BCUT2D eigenvalue weighted by Gasteiger charge is 2.06. The van der Waals surface area contributed by atoms with Gasteiger partial charge in [-0.25, -0.2) is 4.98 Å². The fraction of sp³-hybridized carbons (Fsp3) is 0.0588. The van der Waals surface area contributed by atoms with Gasteiger partial charge in [-0.3, -0.25) is 4.79 Å². The molecule has 0 aliphatic rings. The number of benzene rings is 2. The van der Waals surface area contributed by atoms with Crippen LogP contribution < -0.4 is 5.32 Å².